The van der Waals surface area contributed by atoms with Crippen LogP contribution < -0.4 is 0 Å². The van der Waals surface area contributed by atoms with Crippen LogP contribution in [0.25, 0.3) is 0 Å². The second kappa shape index (κ2) is 5.10. The highest BCUT2D eigenvalue weighted by Crippen LogP contribution is 2.41. The molecule has 3 rings (SSSR count). The maximum absolute atomic E-state index is 12.6. The Bertz CT molecular complexity index is 655. The van der Waals surface area contributed by atoms with Gasteiger partial charge in [-0.3, -0.25) is 9.48 Å². The van der Waals surface area contributed by atoms with E-state index in [1.807, 2.05) is 7.05 Å². The van der Waals surface area contributed by atoms with Crippen LogP contribution in [0.1, 0.15) is 34.8 Å². The molecule has 8 heteroatoms. The van der Waals surface area contributed by atoms with Crippen LogP contribution in [0.3, 0.4) is 0 Å². The van der Waals surface area contributed by atoms with Crippen molar-refractivity contribution in [3.8, 4) is 0 Å². The maximum Gasteiger partial charge on any atom is 0.257 e. The highest BCUT2D eigenvalue weighted by Gasteiger charge is 2.34. The van der Waals surface area contributed by atoms with Gasteiger partial charge in [0.1, 0.15) is 0 Å². The second-order valence-corrected chi connectivity index (χ2v) is 7.78. The topological polar surface area (TPSA) is 75.5 Å². The molecule has 7 nitrogen and oxygen atoms in total. The van der Waals surface area contributed by atoms with Crippen molar-refractivity contribution < 1.29 is 13.2 Å². The zero-order chi connectivity index (χ0) is 15.2. The molecule has 116 valence electrons. The van der Waals surface area contributed by atoms with Crippen molar-refractivity contribution in [3.05, 3.63) is 17.5 Å². The normalized spacial score (nSPS) is 20.8. The Morgan fingerprint density at radius 3 is 2.38 bits per heavy atom. The zero-order valence-electron chi connectivity index (χ0n) is 12.3. The molecule has 0 aromatic carbocycles. The van der Waals surface area contributed by atoms with Gasteiger partial charge in [0.25, 0.3) is 5.91 Å². The van der Waals surface area contributed by atoms with E-state index < -0.39 is 10.0 Å². The highest BCUT2D eigenvalue weighted by atomic mass is 32.2. The molecule has 0 spiro atoms. The van der Waals surface area contributed by atoms with E-state index in [1.165, 1.54) is 10.6 Å². The molecule has 21 heavy (non-hydrogen) atoms. The lowest BCUT2D eigenvalue weighted by Crippen LogP contribution is -2.50. The molecule has 0 radical (unpaired) electrons. The predicted molar refractivity (Wildman–Crippen MR) is 77.5 cm³/mol. The van der Waals surface area contributed by atoms with Gasteiger partial charge in [0, 0.05) is 39.1 Å². The Hall–Kier alpha value is -1.41. The number of carbonyl (C=O) groups is 1. The number of carbonyl (C=O) groups excluding carboxylic acids is 1. The van der Waals surface area contributed by atoms with Gasteiger partial charge in [-0.1, -0.05) is 0 Å². The van der Waals surface area contributed by atoms with Crippen molar-refractivity contribution in [1.29, 1.82) is 0 Å². The molecule has 1 amide bonds. The van der Waals surface area contributed by atoms with Gasteiger partial charge in [0.2, 0.25) is 10.0 Å². The van der Waals surface area contributed by atoms with Gasteiger partial charge in [-0.2, -0.15) is 9.40 Å². The van der Waals surface area contributed by atoms with Crippen molar-refractivity contribution >= 4 is 15.9 Å². The summed E-state index contributed by atoms with van der Waals surface area (Å²) in [6.45, 7) is 1.60. The van der Waals surface area contributed by atoms with Crippen LogP contribution in [-0.4, -0.2) is 65.7 Å². The zero-order valence-corrected chi connectivity index (χ0v) is 13.1. The first-order valence-corrected chi connectivity index (χ1v) is 8.99. The monoisotopic (exact) mass is 312 g/mol. The molecule has 0 bridgehead atoms. The van der Waals surface area contributed by atoms with Crippen molar-refractivity contribution in [2.45, 2.75) is 18.8 Å². The standard InChI is InChI=1S/C13H20N4O3S/c1-15-12(10-3-4-10)11(9-14-15)13(18)16-5-7-17(8-6-16)21(2,19)20/h9-10H,3-8H2,1-2H3. The number of rotatable bonds is 3. The van der Waals surface area contributed by atoms with Crippen LogP contribution in [0.15, 0.2) is 6.20 Å². The third-order valence-electron chi connectivity index (χ3n) is 4.17. The van der Waals surface area contributed by atoms with E-state index in [4.69, 9.17) is 0 Å². The fourth-order valence-corrected chi connectivity index (χ4v) is 3.67. The number of hydrogen-bond donors (Lipinski definition) is 0. The van der Waals surface area contributed by atoms with Gasteiger partial charge < -0.3 is 4.90 Å². The van der Waals surface area contributed by atoms with E-state index in [9.17, 15) is 13.2 Å². The molecular formula is C13H20N4O3S. The molecule has 1 aromatic heterocycles. The molecule has 1 aliphatic heterocycles. The minimum atomic E-state index is -3.17. The van der Waals surface area contributed by atoms with Gasteiger partial charge in [-0.15, -0.1) is 0 Å². The molecule has 2 fully saturated rings. The molecular weight excluding hydrogens is 292 g/mol. The SMILES string of the molecule is Cn1ncc(C(=O)N2CCN(S(C)(=O)=O)CC2)c1C1CC1. The molecule has 1 aromatic rings. The maximum atomic E-state index is 12.6. The summed E-state index contributed by atoms with van der Waals surface area (Å²) >= 11 is 0. The number of nitrogens with zero attached hydrogens (tertiary/aromatic N) is 4. The minimum absolute atomic E-state index is 0.0295. The summed E-state index contributed by atoms with van der Waals surface area (Å²) in [5, 5.41) is 4.21. The Balaban J connectivity index is 1.73. The van der Waals surface area contributed by atoms with E-state index in [1.54, 1.807) is 15.8 Å². The molecule has 2 aliphatic rings. The summed E-state index contributed by atoms with van der Waals surface area (Å²) in [6.07, 6.45) is 5.07. The van der Waals surface area contributed by atoms with Gasteiger partial charge in [-0.25, -0.2) is 8.42 Å². The van der Waals surface area contributed by atoms with Crippen molar-refractivity contribution in [3.63, 3.8) is 0 Å². The third kappa shape index (κ3) is 2.82. The van der Waals surface area contributed by atoms with E-state index in [-0.39, 0.29) is 5.91 Å². The van der Waals surface area contributed by atoms with Crippen LogP contribution in [0.5, 0.6) is 0 Å². The van der Waals surface area contributed by atoms with Gasteiger partial charge in [-0.05, 0) is 12.8 Å². The van der Waals surface area contributed by atoms with E-state index in [0.29, 0.717) is 37.7 Å². The van der Waals surface area contributed by atoms with Crippen LogP contribution in [0.2, 0.25) is 0 Å². The summed E-state index contributed by atoms with van der Waals surface area (Å²) in [5.74, 6) is 0.423. The second-order valence-electron chi connectivity index (χ2n) is 5.80. The number of sulfonamides is 1. The first kappa shape index (κ1) is 14.5. The van der Waals surface area contributed by atoms with Gasteiger partial charge in [0.05, 0.1) is 23.7 Å². The molecule has 2 heterocycles. The lowest BCUT2D eigenvalue weighted by atomic mass is 10.1. The number of aromatic nitrogens is 2. The summed E-state index contributed by atoms with van der Waals surface area (Å²) in [6, 6.07) is 0. The van der Waals surface area contributed by atoms with E-state index in [0.717, 1.165) is 18.5 Å². The Morgan fingerprint density at radius 2 is 1.86 bits per heavy atom. The van der Waals surface area contributed by atoms with Crippen molar-refractivity contribution in [1.82, 2.24) is 19.0 Å². The largest absolute Gasteiger partial charge is 0.336 e. The number of hydrogen-bond acceptors (Lipinski definition) is 4. The first-order chi connectivity index (χ1) is 9.88. The first-order valence-electron chi connectivity index (χ1n) is 7.14. The highest BCUT2D eigenvalue weighted by molar-refractivity contribution is 7.88. The molecule has 0 N–H and O–H groups in total. The van der Waals surface area contributed by atoms with Gasteiger partial charge in [0.15, 0.2) is 0 Å². The van der Waals surface area contributed by atoms with E-state index >= 15 is 0 Å². The van der Waals surface area contributed by atoms with E-state index in [2.05, 4.69) is 5.10 Å². The fourth-order valence-electron chi connectivity index (χ4n) is 2.85. The van der Waals surface area contributed by atoms with Crippen LogP contribution in [0, 0.1) is 0 Å². The summed E-state index contributed by atoms with van der Waals surface area (Å²) in [5.41, 5.74) is 1.69. The van der Waals surface area contributed by atoms with Crippen LogP contribution >= 0.6 is 0 Å². The molecule has 1 aliphatic carbocycles. The van der Waals surface area contributed by atoms with Crippen LogP contribution in [-0.2, 0) is 17.1 Å². The molecule has 1 saturated heterocycles. The summed E-state index contributed by atoms with van der Waals surface area (Å²) in [4.78, 5) is 14.4. The molecule has 0 atom stereocenters. The lowest BCUT2D eigenvalue weighted by Gasteiger charge is -2.33. The predicted octanol–water partition coefficient (Wildman–Crippen LogP) is 0.0149. The lowest BCUT2D eigenvalue weighted by molar-refractivity contribution is 0.0697. The van der Waals surface area contributed by atoms with Crippen molar-refractivity contribution in [2.75, 3.05) is 32.4 Å². The molecule has 0 unspecified atom stereocenters. The number of aryl methyl sites for hydroxylation is 1. The third-order valence-corrected chi connectivity index (χ3v) is 5.48. The Labute approximate surface area is 124 Å². The van der Waals surface area contributed by atoms with Crippen molar-refractivity contribution in [2.24, 2.45) is 7.05 Å². The number of amides is 1. The Morgan fingerprint density at radius 1 is 1.24 bits per heavy atom. The Kier molecular flexibility index (Phi) is 3.53. The average molecular weight is 312 g/mol. The smallest absolute Gasteiger partial charge is 0.257 e. The molecule has 1 saturated carbocycles. The van der Waals surface area contributed by atoms with Crippen LogP contribution in [0.4, 0.5) is 0 Å². The van der Waals surface area contributed by atoms with Gasteiger partial charge >= 0.3 is 0 Å². The summed E-state index contributed by atoms with van der Waals surface area (Å²) < 4.78 is 26.2. The quantitative estimate of drug-likeness (QED) is 0.788. The summed E-state index contributed by atoms with van der Waals surface area (Å²) in [7, 11) is -1.30. The number of piperazine rings is 1. The minimum Gasteiger partial charge on any atom is -0.336 e. The average Bonchev–Trinajstić information content (AvgIpc) is 3.20. The fraction of sp³-hybridized carbons (Fsp3) is 0.692.